The molecule has 9 heterocycles. The van der Waals surface area contributed by atoms with Crippen molar-refractivity contribution in [2.45, 2.75) is 121 Å². The first-order valence-corrected chi connectivity index (χ1v) is 28.1. The van der Waals surface area contributed by atoms with Crippen LogP contribution in [-0.2, 0) is 9.59 Å². The summed E-state index contributed by atoms with van der Waals surface area (Å²) in [5.74, 6) is 1.32. The van der Waals surface area contributed by atoms with Gasteiger partial charge >= 0.3 is 0 Å². The summed E-state index contributed by atoms with van der Waals surface area (Å²) in [6.07, 6.45) is 9.12. The van der Waals surface area contributed by atoms with E-state index in [0.29, 0.717) is 41.1 Å². The van der Waals surface area contributed by atoms with Crippen molar-refractivity contribution >= 4 is 40.3 Å². The Morgan fingerprint density at radius 1 is 0.861 bits per heavy atom. The molecule has 2 aliphatic carbocycles. The number of aromatic hydroxyl groups is 1. The number of carbonyl (C=O) groups is 2. The fourth-order valence-electron chi connectivity index (χ4n) is 11.8. The second-order valence-electron chi connectivity index (χ2n) is 22.0. The van der Waals surface area contributed by atoms with Crippen LogP contribution in [0.15, 0.2) is 101 Å². The fourth-order valence-corrected chi connectivity index (χ4v) is 12.6. The number of rotatable bonds is 18. The molecule has 3 aliphatic heterocycles. The number of phenolic OH excluding ortho intramolecular Hbond substituents is 1. The number of aliphatic hydroxyl groups excluding tert-OH is 1. The molecule has 12 rings (SSSR count). The second kappa shape index (κ2) is 21.7. The highest BCUT2D eigenvalue weighted by Gasteiger charge is 2.45. The van der Waals surface area contributed by atoms with Crippen molar-refractivity contribution < 1.29 is 38.5 Å². The van der Waals surface area contributed by atoms with Crippen LogP contribution in [0.4, 0.5) is 17.2 Å². The molecule has 7 aromatic rings. The molecule has 0 radical (unpaired) electrons. The predicted molar refractivity (Wildman–Crippen MR) is 295 cm³/mol. The van der Waals surface area contributed by atoms with Crippen molar-refractivity contribution in [3.05, 3.63) is 120 Å². The van der Waals surface area contributed by atoms with E-state index in [0.717, 1.165) is 84.1 Å². The largest absolute Gasteiger partial charge is 0.507 e. The molecule has 410 valence electrons. The topological polar surface area (TPSA) is 253 Å². The number of hydrogen-bond donors (Lipinski definition) is 4. The van der Waals surface area contributed by atoms with Gasteiger partial charge in [0.2, 0.25) is 17.7 Å². The Bertz CT molecular complexity index is 3300. The number of carbonyl (C=O) groups excluding carboxylic acids is 2. The average Bonchev–Trinajstić information content (AvgIpc) is 3.89. The normalized spacial score (nSPS) is 24.0. The molecular weight excluding hydrogens is 1020 g/mol. The molecule has 2 bridgehead atoms. The molecule has 3 saturated heterocycles. The quantitative estimate of drug-likeness (QED) is 0.0644. The highest BCUT2D eigenvalue weighted by atomic mass is 32.1. The lowest BCUT2D eigenvalue weighted by Gasteiger charge is -2.43. The van der Waals surface area contributed by atoms with Crippen molar-refractivity contribution in [2.24, 2.45) is 11.8 Å². The summed E-state index contributed by atoms with van der Waals surface area (Å²) >= 11 is 1.53. The van der Waals surface area contributed by atoms with Crippen LogP contribution in [0.1, 0.15) is 99.9 Å². The van der Waals surface area contributed by atoms with Crippen molar-refractivity contribution in [1.29, 1.82) is 0 Å². The van der Waals surface area contributed by atoms with E-state index in [2.05, 4.69) is 57.6 Å². The molecule has 5 aliphatic rings. The maximum Gasteiger partial charge on any atom is 0.254 e. The fraction of sp³-hybridized carbons (Fsp3) is 0.431. The van der Waals surface area contributed by atoms with Gasteiger partial charge in [-0.15, -0.1) is 21.5 Å². The summed E-state index contributed by atoms with van der Waals surface area (Å²) < 4.78 is 24.5. The number of aromatic nitrogens is 7. The Morgan fingerprint density at radius 3 is 2.41 bits per heavy atom. The van der Waals surface area contributed by atoms with Gasteiger partial charge in [0.25, 0.3) is 5.88 Å². The van der Waals surface area contributed by atoms with Gasteiger partial charge in [0, 0.05) is 104 Å². The third-order valence-corrected chi connectivity index (χ3v) is 17.2. The van der Waals surface area contributed by atoms with Gasteiger partial charge in [-0.2, -0.15) is 0 Å². The number of amides is 2. The van der Waals surface area contributed by atoms with Crippen LogP contribution in [0.25, 0.3) is 21.8 Å². The first-order chi connectivity index (χ1) is 38.3. The van der Waals surface area contributed by atoms with Gasteiger partial charge in [-0.25, -0.2) is 9.97 Å². The number of benzene rings is 1. The number of para-hydroxylation sites is 1. The standard InChI is InChI=1S/C58H64N12O8S/c1-31(2)54(58(74)69-28-39(71)19-49(69)57(73)64-32(3)34-9-13-46(61-24-34)55-33(4)63-30-79-55)51-23-53(67-78-51)75-29-35-17-44(35)45-14-12-40(25-62-45)76-41-20-42(21-41)77-52-18-36(15-16-60-52)70-37-10-11-38(70)27-68(26-37)48-22-47(65-66-56(48)59)43-7-5-6-8-50(43)72/h5-9,12-16,18,22-25,30-32,35,37-39,41-42,44,49,54,71-72H,10-11,17,19-21,26-29H2,1-4H3,(H2,59,66)(H,64,73)/t32-,35-,37?,38?,39+,41?,42?,44+,49-,54+/m0/s1. The number of thiazole rings is 1. The van der Waals surface area contributed by atoms with Crippen LogP contribution < -0.4 is 35.1 Å². The van der Waals surface area contributed by atoms with Gasteiger partial charge in [0.15, 0.2) is 11.6 Å². The van der Waals surface area contributed by atoms with Crippen LogP contribution in [-0.4, -0.2) is 125 Å². The van der Waals surface area contributed by atoms with Crippen LogP contribution >= 0.6 is 11.3 Å². The smallest absolute Gasteiger partial charge is 0.254 e. The number of β-amino-alcohol motifs (C(OH)–C–C–N with tert-alkyl or cyclic N) is 1. The molecule has 5 N–H and O–H groups in total. The van der Waals surface area contributed by atoms with E-state index in [4.69, 9.17) is 29.5 Å². The van der Waals surface area contributed by atoms with Gasteiger partial charge in [0.05, 0.1) is 58.1 Å². The monoisotopic (exact) mass is 1090 g/mol. The minimum atomic E-state index is -0.860. The molecule has 79 heavy (non-hydrogen) atoms. The molecule has 8 atom stereocenters. The minimum Gasteiger partial charge on any atom is -0.507 e. The Morgan fingerprint density at radius 2 is 1.67 bits per heavy atom. The second-order valence-corrected chi connectivity index (χ2v) is 22.9. The molecular formula is C58H64N12O8S. The number of nitrogen functional groups attached to an aromatic ring is 1. The van der Waals surface area contributed by atoms with E-state index in [9.17, 15) is 19.8 Å². The maximum atomic E-state index is 14.3. The number of likely N-dealkylation sites (tertiary alicyclic amines) is 1. The van der Waals surface area contributed by atoms with Gasteiger partial charge in [0.1, 0.15) is 35.7 Å². The van der Waals surface area contributed by atoms with Crippen LogP contribution in [0.3, 0.4) is 0 Å². The van der Waals surface area contributed by atoms with E-state index in [1.807, 2.05) is 76.4 Å². The Hall–Kier alpha value is -7.91. The van der Waals surface area contributed by atoms with Gasteiger partial charge in [-0.05, 0) is 92.2 Å². The zero-order valence-electron chi connectivity index (χ0n) is 44.5. The molecule has 2 saturated carbocycles. The van der Waals surface area contributed by atoms with Crippen molar-refractivity contribution in [3.8, 4) is 45.1 Å². The van der Waals surface area contributed by atoms with Gasteiger partial charge in [-0.1, -0.05) is 32.0 Å². The Balaban J connectivity index is 0.588. The molecule has 2 unspecified atom stereocenters. The molecule has 2 amide bonds. The lowest BCUT2D eigenvalue weighted by molar-refractivity contribution is -0.141. The van der Waals surface area contributed by atoms with E-state index in [1.165, 1.54) is 16.2 Å². The van der Waals surface area contributed by atoms with Crippen molar-refractivity contribution in [2.75, 3.05) is 41.8 Å². The maximum absolute atomic E-state index is 14.3. The third kappa shape index (κ3) is 10.8. The first kappa shape index (κ1) is 51.8. The van der Waals surface area contributed by atoms with Crippen LogP contribution in [0.5, 0.6) is 23.3 Å². The number of nitrogens with zero attached hydrogens (tertiary/aromatic N) is 10. The third-order valence-electron chi connectivity index (χ3n) is 16.2. The summed E-state index contributed by atoms with van der Waals surface area (Å²) in [6, 6.07) is 21.9. The summed E-state index contributed by atoms with van der Waals surface area (Å²) in [5, 5.41) is 36.9. The van der Waals surface area contributed by atoms with Crippen molar-refractivity contribution in [1.82, 2.24) is 45.5 Å². The van der Waals surface area contributed by atoms with E-state index >= 15 is 0 Å². The number of phenols is 1. The molecule has 1 aromatic carbocycles. The molecule has 5 fully saturated rings. The number of nitrogens with two attached hydrogens (primary N) is 1. The SMILES string of the molecule is Cc1ncsc1-c1ccc([C@H](C)NC(=O)[C@@H]2C[C@@H](O)CN2C(=O)[C@@H](c2cc(OC[C@@H]3C[C@H]3c3ccc(OC4CC(Oc5cc(N6C7CCC6CN(c6cc(-c8ccccc8O)nnc6N)C7)ccn5)C4)cn3)no2)C(C)C)cn1. The summed E-state index contributed by atoms with van der Waals surface area (Å²) in [5.41, 5.74) is 14.8. The number of nitrogens with one attached hydrogen (secondary N) is 1. The highest BCUT2D eigenvalue weighted by Crippen LogP contribution is 2.47. The minimum absolute atomic E-state index is 0.00825. The van der Waals surface area contributed by atoms with Crippen molar-refractivity contribution in [3.63, 3.8) is 0 Å². The number of aryl methyl sites for hydroxylation is 1. The summed E-state index contributed by atoms with van der Waals surface area (Å²) in [6.45, 7) is 9.63. The summed E-state index contributed by atoms with van der Waals surface area (Å²) in [7, 11) is 0. The van der Waals surface area contributed by atoms with Gasteiger partial charge in [-0.3, -0.25) is 19.6 Å². The number of piperazine rings is 1. The predicted octanol–water partition coefficient (Wildman–Crippen LogP) is 7.64. The molecule has 20 nitrogen and oxygen atoms in total. The van der Waals surface area contributed by atoms with Crippen LogP contribution in [0, 0.1) is 18.8 Å². The van der Waals surface area contributed by atoms with E-state index < -0.39 is 18.1 Å². The van der Waals surface area contributed by atoms with Gasteiger partial charge < -0.3 is 54.7 Å². The number of hydrogen-bond acceptors (Lipinski definition) is 19. The number of anilines is 3. The Kier molecular flexibility index (Phi) is 14.3. The lowest BCUT2D eigenvalue weighted by Crippen LogP contribution is -2.54. The van der Waals surface area contributed by atoms with E-state index in [1.54, 1.807) is 36.1 Å². The Labute approximate surface area is 461 Å². The number of ether oxygens (including phenoxy) is 3. The molecule has 6 aromatic heterocycles. The zero-order chi connectivity index (χ0) is 54.5. The number of pyridine rings is 3. The lowest BCUT2D eigenvalue weighted by atomic mass is 9.91. The number of aliphatic hydroxyl groups is 1. The zero-order valence-corrected chi connectivity index (χ0v) is 45.3. The molecule has 21 heteroatoms. The summed E-state index contributed by atoms with van der Waals surface area (Å²) in [4.78, 5) is 53.5. The highest BCUT2D eigenvalue weighted by molar-refractivity contribution is 7.13. The first-order valence-electron chi connectivity index (χ1n) is 27.2. The van der Waals surface area contributed by atoms with E-state index in [-0.39, 0.29) is 84.5 Å². The van der Waals surface area contributed by atoms with Crippen LogP contribution in [0.2, 0.25) is 0 Å². The average molecular weight is 1090 g/mol. The molecule has 0 spiro atoms. The number of fused-ring (bicyclic) bond motifs is 2.